The topological polar surface area (TPSA) is 68.0 Å². The molecule has 0 saturated heterocycles. The molecule has 0 radical (unpaired) electrons. The van der Waals surface area contributed by atoms with Crippen molar-refractivity contribution >= 4 is 5.91 Å². The molecule has 0 spiro atoms. The minimum Gasteiger partial charge on any atom is -0.441 e. The van der Waals surface area contributed by atoms with E-state index in [1.54, 1.807) is 6.07 Å². The molecular weight excluding hydrogens is 383 g/mol. The summed E-state index contributed by atoms with van der Waals surface area (Å²) >= 11 is 0. The highest BCUT2D eigenvalue weighted by Gasteiger charge is 2.30. The quantitative estimate of drug-likeness (QED) is 0.682. The second kappa shape index (κ2) is 7.35. The number of amides is 1. The Morgan fingerprint density at radius 2 is 2.10 bits per heavy atom. The van der Waals surface area contributed by atoms with Crippen LogP contribution >= 0.6 is 0 Å². The number of fused-ring (bicyclic) bond motifs is 1. The number of nitrogens with one attached hydrogen (secondary N) is 1. The van der Waals surface area contributed by atoms with Crippen molar-refractivity contribution in [3.63, 3.8) is 0 Å². The van der Waals surface area contributed by atoms with Crippen LogP contribution in [-0.2, 0) is 12.3 Å². The summed E-state index contributed by atoms with van der Waals surface area (Å²) in [7, 11) is 0. The molecule has 1 N–H and O–H groups in total. The van der Waals surface area contributed by atoms with Gasteiger partial charge in [-0.05, 0) is 43.2 Å². The average molecular weight is 401 g/mol. The van der Waals surface area contributed by atoms with Crippen LogP contribution in [0.3, 0.4) is 0 Å². The number of nitrogens with zero attached hydrogens (tertiary/aromatic N) is 2. The lowest BCUT2D eigenvalue weighted by Gasteiger charge is -2.21. The molecule has 5 nitrogen and oxygen atoms in total. The Morgan fingerprint density at radius 1 is 1.28 bits per heavy atom. The number of carbonyl (C=O) groups excluding carboxylic acids is 1. The van der Waals surface area contributed by atoms with Crippen molar-refractivity contribution in [3.8, 4) is 11.5 Å². The Labute approximate surface area is 165 Å². The highest BCUT2D eigenvalue weighted by atomic mass is 19.3. The number of oxazole rings is 1. The number of benzene rings is 1. The van der Waals surface area contributed by atoms with Gasteiger partial charge in [-0.1, -0.05) is 6.07 Å². The first-order chi connectivity index (χ1) is 13.8. The van der Waals surface area contributed by atoms with E-state index in [4.69, 9.17) is 4.42 Å². The Balaban J connectivity index is 1.61. The zero-order chi connectivity index (χ0) is 20.6. The molecule has 1 aliphatic rings. The van der Waals surface area contributed by atoms with E-state index in [0.29, 0.717) is 29.9 Å². The first kappa shape index (κ1) is 19.2. The van der Waals surface area contributed by atoms with Gasteiger partial charge >= 0.3 is 0 Å². The summed E-state index contributed by atoms with van der Waals surface area (Å²) in [4.78, 5) is 20.6. The summed E-state index contributed by atoms with van der Waals surface area (Å²) in [5.74, 6) is -3.17. The predicted octanol–water partition coefficient (Wildman–Crippen LogP) is 4.79. The van der Waals surface area contributed by atoms with E-state index in [9.17, 15) is 18.0 Å². The van der Waals surface area contributed by atoms with Gasteiger partial charge < -0.3 is 9.73 Å². The van der Waals surface area contributed by atoms with Gasteiger partial charge in [0, 0.05) is 30.7 Å². The summed E-state index contributed by atoms with van der Waals surface area (Å²) in [5, 5.41) is 2.86. The van der Waals surface area contributed by atoms with E-state index < -0.39 is 23.7 Å². The van der Waals surface area contributed by atoms with E-state index in [-0.39, 0.29) is 17.1 Å². The molecular formula is C21H18F3N3O2. The molecule has 2 aromatic heterocycles. The molecule has 1 atom stereocenters. The second-order valence-electron chi connectivity index (χ2n) is 7.07. The fourth-order valence-electron chi connectivity index (χ4n) is 3.36. The maximum absolute atomic E-state index is 13.6. The predicted molar refractivity (Wildman–Crippen MR) is 98.8 cm³/mol. The van der Waals surface area contributed by atoms with Gasteiger partial charge in [0.2, 0.25) is 5.89 Å². The van der Waals surface area contributed by atoms with Crippen molar-refractivity contribution in [1.82, 2.24) is 15.3 Å². The van der Waals surface area contributed by atoms with E-state index in [2.05, 4.69) is 15.3 Å². The van der Waals surface area contributed by atoms with E-state index in [0.717, 1.165) is 19.4 Å². The molecule has 0 aliphatic heterocycles. The van der Waals surface area contributed by atoms with Crippen molar-refractivity contribution in [2.24, 2.45) is 0 Å². The summed E-state index contributed by atoms with van der Waals surface area (Å²) in [6, 6.07) is 7.82. The van der Waals surface area contributed by atoms with Crippen LogP contribution in [0.1, 0.15) is 53.3 Å². The highest BCUT2D eigenvalue weighted by molar-refractivity contribution is 5.94. The molecule has 1 aliphatic carbocycles. The minimum atomic E-state index is -3.08. The molecule has 29 heavy (non-hydrogen) atoms. The second-order valence-corrected chi connectivity index (χ2v) is 7.07. The van der Waals surface area contributed by atoms with E-state index in [1.807, 2.05) is 0 Å². The standard InChI is InChI=1S/C21H18F3N3O2/c1-21(23,24)17-11-13(8-9-25-17)20-27-18-15(6-3-7-16(18)29-20)26-19(28)12-4-2-5-14(22)10-12/h2,4-5,8-11,15H,3,6-7H2,1H3,(H,26,28). The molecule has 1 aromatic carbocycles. The summed E-state index contributed by atoms with van der Waals surface area (Å²) in [6.45, 7) is 0.775. The minimum absolute atomic E-state index is 0.204. The lowest BCUT2D eigenvalue weighted by atomic mass is 9.96. The van der Waals surface area contributed by atoms with Gasteiger partial charge in [0.1, 0.15) is 23.0 Å². The first-order valence-corrected chi connectivity index (χ1v) is 9.22. The molecule has 4 rings (SSSR count). The molecule has 8 heteroatoms. The van der Waals surface area contributed by atoms with Crippen molar-refractivity contribution in [2.75, 3.05) is 0 Å². The number of pyridine rings is 1. The number of halogens is 3. The molecule has 0 saturated carbocycles. The lowest BCUT2D eigenvalue weighted by Crippen LogP contribution is -2.31. The fraction of sp³-hybridized carbons (Fsp3) is 0.286. The van der Waals surface area contributed by atoms with Gasteiger partial charge in [-0.25, -0.2) is 9.37 Å². The summed E-state index contributed by atoms with van der Waals surface area (Å²) in [5.41, 5.74) is 0.797. The number of hydrogen-bond donors (Lipinski definition) is 1. The maximum atomic E-state index is 13.6. The van der Waals surface area contributed by atoms with Gasteiger partial charge in [0.15, 0.2) is 0 Å². The van der Waals surface area contributed by atoms with Gasteiger partial charge in [0.05, 0.1) is 6.04 Å². The zero-order valence-corrected chi connectivity index (χ0v) is 15.6. The highest BCUT2D eigenvalue weighted by Crippen LogP contribution is 2.34. The first-order valence-electron chi connectivity index (χ1n) is 9.22. The molecule has 0 fully saturated rings. The number of aromatic nitrogens is 2. The number of alkyl halides is 2. The smallest absolute Gasteiger partial charge is 0.286 e. The van der Waals surface area contributed by atoms with Gasteiger partial charge in [-0.2, -0.15) is 8.78 Å². The van der Waals surface area contributed by atoms with E-state index >= 15 is 0 Å². The molecule has 150 valence electrons. The van der Waals surface area contributed by atoms with Crippen LogP contribution in [-0.4, -0.2) is 15.9 Å². The fourth-order valence-corrected chi connectivity index (χ4v) is 3.36. The normalized spacial score (nSPS) is 16.3. The molecule has 2 heterocycles. The van der Waals surface area contributed by atoms with Gasteiger partial charge in [-0.15, -0.1) is 0 Å². The third-order valence-electron chi connectivity index (χ3n) is 4.80. The monoisotopic (exact) mass is 401 g/mol. The number of carbonyl (C=O) groups is 1. The van der Waals surface area contributed by atoms with Crippen LogP contribution in [0.5, 0.6) is 0 Å². The van der Waals surface area contributed by atoms with Crippen molar-refractivity contribution in [1.29, 1.82) is 0 Å². The Bertz CT molecular complexity index is 1060. The average Bonchev–Trinajstić information content (AvgIpc) is 3.13. The maximum Gasteiger partial charge on any atom is 0.286 e. The molecule has 1 amide bonds. The third-order valence-corrected chi connectivity index (χ3v) is 4.80. The number of aryl methyl sites for hydroxylation is 1. The van der Waals surface area contributed by atoms with Gasteiger partial charge in [-0.3, -0.25) is 9.78 Å². The van der Waals surface area contributed by atoms with Crippen LogP contribution < -0.4 is 5.32 Å². The molecule has 0 bridgehead atoms. The SMILES string of the molecule is CC(F)(F)c1cc(-c2nc3c(o2)CCCC3NC(=O)c2cccc(F)c2)ccn1. The van der Waals surface area contributed by atoms with Crippen molar-refractivity contribution in [2.45, 2.75) is 38.2 Å². The molecule has 3 aromatic rings. The Hall–Kier alpha value is -3.16. The number of hydrogen-bond acceptors (Lipinski definition) is 4. The van der Waals surface area contributed by atoms with Crippen LogP contribution in [0.25, 0.3) is 11.5 Å². The number of rotatable bonds is 4. The summed E-state index contributed by atoms with van der Waals surface area (Å²) < 4.78 is 46.4. The van der Waals surface area contributed by atoms with Crippen LogP contribution in [0.4, 0.5) is 13.2 Å². The van der Waals surface area contributed by atoms with Gasteiger partial charge in [0.25, 0.3) is 11.8 Å². The third kappa shape index (κ3) is 4.01. The van der Waals surface area contributed by atoms with Crippen molar-refractivity contribution in [3.05, 3.63) is 71.1 Å². The van der Waals surface area contributed by atoms with Crippen LogP contribution in [0, 0.1) is 5.82 Å². The Kier molecular flexibility index (Phi) is 4.86. The summed E-state index contributed by atoms with van der Waals surface area (Å²) in [6.07, 6.45) is 3.34. The zero-order valence-electron chi connectivity index (χ0n) is 15.6. The van der Waals surface area contributed by atoms with E-state index in [1.165, 1.54) is 30.5 Å². The largest absolute Gasteiger partial charge is 0.441 e. The van der Waals surface area contributed by atoms with Crippen LogP contribution in [0.2, 0.25) is 0 Å². The van der Waals surface area contributed by atoms with Crippen LogP contribution in [0.15, 0.2) is 47.0 Å². The Morgan fingerprint density at radius 3 is 2.86 bits per heavy atom. The molecule has 1 unspecified atom stereocenters. The lowest BCUT2D eigenvalue weighted by molar-refractivity contribution is 0.0128. The van der Waals surface area contributed by atoms with Crippen molar-refractivity contribution < 1.29 is 22.4 Å².